The predicted octanol–water partition coefficient (Wildman–Crippen LogP) is 3.64. The zero-order valence-corrected chi connectivity index (χ0v) is 12.3. The molecule has 0 aliphatic carbocycles. The van der Waals surface area contributed by atoms with Gasteiger partial charge in [0.2, 0.25) is 0 Å². The van der Waals surface area contributed by atoms with E-state index in [4.69, 9.17) is 4.74 Å². The van der Waals surface area contributed by atoms with Gasteiger partial charge >= 0.3 is 0 Å². The van der Waals surface area contributed by atoms with E-state index < -0.39 is 0 Å². The molecule has 0 bridgehead atoms. The van der Waals surface area contributed by atoms with E-state index in [1.54, 1.807) is 0 Å². The van der Waals surface area contributed by atoms with Gasteiger partial charge in [-0.2, -0.15) is 0 Å². The van der Waals surface area contributed by atoms with Gasteiger partial charge in [0, 0.05) is 6.61 Å². The summed E-state index contributed by atoms with van der Waals surface area (Å²) >= 11 is 0. The van der Waals surface area contributed by atoms with Gasteiger partial charge < -0.3 is 10.1 Å². The molecule has 1 aromatic carbocycles. The number of benzene rings is 1. The van der Waals surface area contributed by atoms with Crippen molar-refractivity contribution in [3.05, 3.63) is 35.9 Å². The lowest BCUT2D eigenvalue weighted by atomic mass is 9.93. The molecule has 0 aliphatic rings. The normalized spacial score (nSPS) is 15.1. The standard InChI is InChI=1S/C16H27NO/c1-12(2)11-18-16(13(3)4)15(17-5)14-9-7-6-8-10-14/h6-10,12-13,15-17H,11H2,1-5H3. The molecule has 18 heavy (non-hydrogen) atoms. The highest BCUT2D eigenvalue weighted by atomic mass is 16.5. The molecule has 0 saturated heterocycles. The highest BCUT2D eigenvalue weighted by molar-refractivity contribution is 5.20. The van der Waals surface area contributed by atoms with Crippen LogP contribution in [0.5, 0.6) is 0 Å². The van der Waals surface area contributed by atoms with Crippen LogP contribution in [0.25, 0.3) is 0 Å². The average molecular weight is 249 g/mol. The summed E-state index contributed by atoms with van der Waals surface area (Å²) in [5.74, 6) is 1.06. The monoisotopic (exact) mass is 249 g/mol. The smallest absolute Gasteiger partial charge is 0.0792 e. The fraction of sp³-hybridized carbons (Fsp3) is 0.625. The van der Waals surface area contributed by atoms with Crippen LogP contribution in [-0.2, 0) is 4.74 Å². The van der Waals surface area contributed by atoms with Crippen LogP contribution in [-0.4, -0.2) is 19.8 Å². The molecule has 2 atom stereocenters. The van der Waals surface area contributed by atoms with Crippen molar-refractivity contribution in [3.8, 4) is 0 Å². The van der Waals surface area contributed by atoms with Crippen molar-refractivity contribution in [3.63, 3.8) is 0 Å². The van der Waals surface area contributed by atoms with E-state index in [2.05, 4.69) is 63.3 Å². The lowest BCUT2D eigenvalue weighted by Gasteiger charge is -2.31. The summed E-state index contributed by atoms with van der Waals surface area (Å²) in [6.45, 7) is 9.63. The van der Waals surface area contributed by atoms with E-state index in [1.807, 2.05) is 7.05 Å². The summed E-state index contributed by atoms with van der Waals surface area (Å²) < 4.78 is 6.11. The number of hydrogen-bond donors (Lipinski definition) is 1. The molecule has 0 fully saturated rings. The van der Waals surface area contributed by atoms with Crippen LogP contribution in [0.15, 0.2) is 30.3 Å². The Morgan fingerprint density at radius 3 is 2.11 bits per heavy atom. The molecule has 0 heterocycles. The van der Waals surface area contributed by atoms with Crippen molar-refractivity contribution in [1.82, 2.24) is 5.32 Å². The molecule has 0 aliphatic heterocycles. The number of hydrogen-bond acceptors (Lipinski definition) is 2. The summed E-state index contributed by atoms with van der Waals surface area (Å²) in [6.07, 6.45) is 0.208. The zero-order chi connectivity index (χ0) is 13.5. The largest absolute Gasteiger partial charge is 0.376 e. The second kappa shape index (κ2) is 7.55. The van der Waals surface area contributed by atoms with Crippen LogP contribution in [0, 0.1) is 11.8 Å². The average Bonchev–Trinajstić information content (AvgIpc) is 2.34. The summed E-state index contributed by atoms with van der Waals surface area (Å²) in [5, 5.41) is 3.40. The molecule has 2 heteroatoms. The highest BCUT2D eigenvalue weighted by Crippen LogP contribution is 2.24. The first-order valence-corrected chi connectivity index (χ1v) is 6.90. The Kier molecular flexibility index (Phi) is 6.37. The molecular formula is C16H27NO. The van der Waals surface area contributed by atoms with Crippen molar-refractivity contribution in [1.29, 1.82) is 0 Å². The van der Waals surface area contributed by atoms with Crippen LogP contribution in [0.1, 0.15) is 39.3 Å². The van der Waals surface area contributed by atoms with Gasteiger partial charge in [0.1, 0.15) is 0 Å². The third kappa shape index (κ3) is 4.43. The van der Waals surface area contributed by atoms with Gasteiger partial charge in [0.05, 0.1) is 12.1 Å². The van der Waals surface area contributed by atoms with Gasteiger partial charge in [0.25, 0.3) is 0 Å². The molecule has 0 saturated carbocycles. The van der Waals surface area contributed by atoms with Crippen molar-refractivity contribution >= 4 is 0 Å². The minimum atomic E-state index is 0.208. The van der Waals surface area contributed by atoms with Crippen molar-refractivity contribution in [2.24, 2.45) is 11.8 Å². The Morgan fingerprint density at radius 1 is 1.06 bits per heavy atom. The maximum absolute atomic E-state index is 6.11. The van der Waals surface area contributed by atoms with Gasteiger partial charge in [-0.05, 0) is 24.4 Å². The topological polar surface area (TPSA) is 21.3 Å². The third-order valence-electron chi connectivity index (χ3n) is 3.08. The molecule has 102 valence electrons. The Labute approximate surface area is 112 Å². The predicted molar refractivity (Wildman–Crippen MR) is 77.7 cm³/mol. The van der Waals surface area contributed by atoms with E-state index in [0.29, 0.717) is 11.8 Å². The van der Waals surface area contributed by atoms with Crippen LogP contribution in [0.2, 0.25) is 0 Å². The molecule has 0 radical (unpaired) electrons. The van der Waals surface area contributed by atoms with Crippen LogP contribution in [0.3, 0.4) is 0 Å². The lowest BCUT2D eigenvalue weighted by molar-refractivity contribution is -0.0152. The Bertz CT molecular complexity index is 321. The van der Waals surface area contributed by atoms with Crippen LogP contribution >= 0.6 is 0 Å². The molecule has 0 spiro atoms. The fourth-order valence-corrected chi connectivity index (χ4v) is 2.16. The van der Waals surface area contributed by atoms with E-state index in [-0.39, 0.29) is 12.1 Å². The minimum absolute atomic E-state index is 0.208. The van der Waals surface area contributed by atoms with E-state index in [0.717, 1.165) is 6.61 Å². The molecule has 0 aromatic heterocycles. The first-order chi connectivity index (χ1) is 8.56. The fourth-order valence-electron chi connectivity index (χ4n) is 2.16. The number of nitrogens with one attached hydrogen (secondary N) is 1. The summed E-state index contributed by atoms with van der Waals surface area (Å²) in [6, 6.07) is 10.8. The number of likely N-dealkylation sites (N-methyl/N-ethyl adjacent to an activating group) is 1. The summed E-state index contributed by atoms with van der Waals surface area (Å²) in [4.78, 5) is 0. The lowest BCUT2D eigenvalue weighted by Crippen LogP contribution is -2.36. The molecular weight excluding hydrogens is 222 g/mol. The van der Waals surface area contributed by atoms with E-state index in [9.17, 15) is 0 Å². The molecule has 0 amide bonds. The van der Waals surface area contributed by atoms with Crippen LogP contribution in [0.4, 0.5) is 0 Å². The highest BCUT2D eigenvalue weighted by Gasteiger charge is 2.25. The molecule has 2 unspecified atom stereocenters. The maximum Gasteiger partial charge on any atom is 0.0792 e. The quantitative estimate of drug-likeness (QED) is 0.796. The third-order valence-corrected chi connectivity index (χ3v) is 3.08. The molecule has 1 rings (SSSR count). The van der Waals surface area contributed by atoms with Crippen molar-refractivity contribution in [2.45, 2.75) is 39.8 Å². The summed E-state index contributed by atoms with van der Waals surface area (Å²) in [5.41, 5.74) is 1.29. The number of ether oxygens (including phenoxy) is 1. The number of rotatable bonds is 7. The first kappa shape index (κ1) is 15.2. The second-order valence-corrected chi connectivity index (χ2v) is 5.61. The Morgan fingerprint density at radius 2 is 1.67 bits per heavy atom. The molecule has 1 aromatic rings. The van der Waals surface area contributed by atoms with Gasteiger partial charge in [0.15, 0.2) is 0 Å². The van der Waals surface area contributed by atoms with Gasteiger partial charge in [-0.25, -0.2) is 0 Å². The van der Waals surface area contributed by atoms with Crippen molar-refractivity contribution < 1.29 is 4.74 Å². The minimum Gasteiger partial charge on any atom is -0.376 e. The van der Waals surface area contributed by atoms with Gasteiger partial charge in [-0.15, -0.1) is 0 Å². The summed E-state index contributed by atoms with van der Waals surface area (Å²) in [7, 11) is 2.01. The Hall–Kier alpha value is -0.860. The molecule has 1 N–H and O–H groups in total. The zero-order valence-electron chi connectivity index (χ0n) is 12.3. The molecule has 2 nitrogen and oxygen atoms in total. The SMILES string of the molecule is CNC(c1ccccc1)C(OCC(C)C)C(C)C. The van der Waals surface area contributed by atoms with E-state index in [1.165, 1.54) is 5.56 Å². The second-order valence-electron chi connectivity index (χ2n) is 5.61. The Balaban J connectivity index is 2.81. The van der Waals surface area contributed by atoms with E-state index >= 15 is 0 Å². The maximum atomic E-state index is 6.11. The first-order valence-electron chi connectivity index (χ1n) is 6.90. The van der Waals surface area contributed by atoms with Gasteiger partial charge in [-0.3, -0.25) is 0 Å². The van der Waals surface area contributed by atoms with Gasteiger partial charge in [-0.1, -0.05) is 58.0 Å². The van der Waals surface area contributed by atoms with Crippen molar-refractivity contribution in [2.75, 3.05) is 13.7 Å². The van der Waals surface area contributed by atoms with Crippen LogP contribution < -0.4 is 5.32 Å².